The molecule has 0 saturated carbocycles. The van der Waals surface area contributed by atoms with Crippen LogP contribution in [0.25, 0.3) is 16.5 Å². The third-order valence-electron chi connectivity index (χ3n) is 6.99. The lowest BCUT2D eigenvalue weighted by atomic mass is 10.0. The Morgan fingerprint density at radius 3 is 2.46 bits per heavy atom. The molecule has 208 valence electrons. The molecule has 0 fully saturated rings. The zero-order chi connectivity index (χ0) is 28.9. The van der Waals surface area contributed by atoms with E-state index in [-0.39, 0.29) is 30.8 Å². The molecule has 0 radical (unpaired) electrons. The van der Waals surface area contributed by atoms with Gasteiger partial charge in [-0.15, -0.1) is 0 Å². The van der Waals surface area contributed by atoms with Gasteiger partial charge < -0.3 is 15.1 Å². The first-order valence-corrected chi connectivity index (χ1v) is 13.4. The van der Waals surface area contributed by atoms with Gasteiger partial charge in [0.15, 0.2) is 0 Å². The van der Waals surface area contributed by atoms with Crippen LogP contribution in [-0.2, 0) is 22.7 Å². The van der Waals surface area contributed by atoms with Gasteiger partial charge in [-0.05, 0) is 66.4 Å². The van der Waals surface area contributed by atoms with Crippen LogP contribution in [0.15, 0.2) is 67.1 Å². The topological polar surface area (TPSA) is 121 Å². The molecule has 0 saturated heterocycles. The Hall–Kier alpha value is -4.99. The van der Waals surface area contributed by atoms with E-state index in [0.717, 1.165) is 34.2 Å². The lowest BCUT2D eigenvalue weighted by Crippen LogP contribution is -2.32. The lowest BCUT2D eigenvalue weighted by Gasteiger charge is -2.25. The summed E-state index contributed by atoms with van der Waals surface area (Å²) in [6.07, 6.45) is 7.97. The number of amides is 3. The molecule has 4 aromatic rings. The average Bonchev–Trinajstić information content (AvgIpc) is 2.97. The minimum absolute atomic E-state index is 0.0773. The minimum Gasteiger partial charge on any atom is -0.339 e. The molecular formula is C31H31N7O3. The fourth-order valence-electron chi connectivity index (χ4n) is 4.79. The molecule has 4 heterocycles. The van der Waals surface area contributed by atoms with Crippen molar-refractivity contribution in [3.05, 3.63) is 95.3 Å². The number of hydrogen-bond acceptors (Lipinski definition) is 7. The van der Waals surface area contributed by atoms with Crippen molar-refractivity contribution in [2.45, 2.75) is 40.3 Å². The first kappa shape index (κ1) is 27.6. The number of hydrogen-bond donors (Lipinski definition) is 1. The molecule has 3 aromatic heterocycles. The number of carbonyl (C=O) groups excluding carboxylic acids is 3. The molecular weight excluding hydrogens is 518 g/mol. The van der Waals surface area contributed by atoms with Crippen LogP contribution in [0, 0.1) is 6.92 Å². The first-order chi connectivity index (χ1) is 19.8. The van der Waals surface area contributed by atoms with Crippen molar-refractivity contribution in [3.63, 3.8) is 0 Å². The van der Waals surface area contributed by atoms with Gasteiger partial charge in [0.25, 0.3) is 5.91 Å². The number of anilines is 1. The molecule has 1 N–H and O–H groups in total. The second-order valence-corrected chi connectivity index (χ2v) is 10.1. The van der Waals surface area contributed by atoms with Gasteiger partial charge in [0.2, 0.25) is 11.8 Å². The maximum atomic E-state index is 13.8. The Morgan fingerprint density at radius 2 is 1.80 bits per heavy atom. The highest BCUT2D eigenvalue weighted by Gasteiger charge is 2.20. The number of pyridine rings is 2. The molecule has 1 aliphatic rings. The highest BCUT2D eigenvalue weighted by Crippen LogP contribution is 2.24. The fraction of sp³-hybridized carbons (Fsp3) is 0.258. The van der Waals surface area contributed by atoms with Gasteiger partial charge >= 0.3 is 0 Å². The summed E-state index contributed by atoms with van der Waals surface area (Å²) in [4.78, 5) is 58.3. The number of rotatable bonds is 7. The van der Waals surface area contributed by atoms with E-state index in [4.69, 9.17) is 0 Å². The molecule has 41 heavy (non-hydrogen) atoms. The van der Waals surface area contributed by atoms with E-state index in [1.165, 1.54) is 6.92 Å². The molecule has 10 nitrogen and oxygen atoms in total. The van der Waals surface area contributed by atoms with Crippen molar-refractivity contribution in [2.24, 2.45) is 0 Å². The number of nitrogens with one attached hydrogen (secondary N) is 1. The molecule has 5 rings (SSSR count). The number of carbonyl (C=O) groups is 3. The van der Waals surface area contributed by atoms with Gasteiger partial charge in [0.1, 0.15) is 11.6 Å². The molecule has 10 heteroatoms. The van der Waals surface area contributed by atoms with Gasteiger partial charge in [-0.1, -0.05) is 12.1 Å². The maximum absolute atomic E-state index is 13.8. The molecule has 1 aromatic carbocycles. The van der Waals surface area contributed by atoms with Crippen molar-refractivity contribution >= 4 is 40.0 Å². The predicted molar refractivity (Wildman–Crippen MR) is 155 cm³/mol. The maximum Gasteiger partial charge on any atom is 0.254 e. The molecule has 0 bridgehead atoms. The highest BCUT2D eigenvalue weighted by atomic mass is 16.2. The Bertz CT molecular complexity index is 1640. The van der Waals surface area contributed by atoms with Gasteiger partial charge in [-0.2, -0.15) is 0 Å². The largest absolute Gasteiger partial charge is 0.339 e. The normalized spacial score (nSPS) is 13.0. The molecule has 0 atom stereocenters. The molecule has 3 amide bonds. The van der Waals surface area contributed by atoms with E-state index in [9.17, 15) is 14.4 Å². The Balaban J connectivity index is 1.39. The second-order valence-electron chi connectivity index (χ2n) is 10.1. The van der Waals surface area contributed by atoms with Crippen LogP contribution in [0.1, 0.15) is 53.3 Å². The van der Waals surface area contributed by atoms with E-state index < -0.39 is 0 Å². The summed E-state index contributed by atoms with van der Waals surface area (Å²) in [6, 6.07) is 12.9. The zero-order valence-electron chi connectivity index (χ0n) is 23.3. The number of benzene rings is 1. The highest BCUT2D eigenvalue weighted by molar-refractivity contribution is 5.99. The summed E-state index contributed by atoms with van der Waals surface area (Å²) < 4.78 is 0. The van der Waals surface area contributed by atoms with Crippen molar-refractivity contribution in [3.8, 4) is 0 Å². The monoisotopic (exact) mass is 549 g/mol. The first-order valence-electron chi connectivity index (χ1n) is 13.4. The average molecular weight is 550 g/mol. The van der Waals surface area contributed by atoms with Crippen molar-refractivity contribution < 1.29 is 14.4 Å². The van der Waals surface area contributed by atoms with Crippen LogP contribution < -0.4 is 5.32 Å². The quantitative estimate of drug-likeness (QED) is 0.367. The van der Waals surface area contributed by atoms with E-state index in [0.29, 0.717) is 35.8 Å². The van der Waals surface area contributed by atoms with Crippen molar-refractivity contribution in [1.29, 1.82) is 0 Å². The smallest absolute Gasteiger partial charge is 0.254 e. The van der Waals surface area contributed by atoms with Gasteiger partial charge in [-0.25, -0.2) is 15.0 Å². The van der Waals surface area contributed by atoms with Gasteiger partial charge in [-0.3, -0.25) is 19.4 Å². The van der Waals surface area contributed by atoms with Crippen LogP contribution in [0.3, 0.4) is 0 Å². The summed E-state index contributed by atoms with van der Waals surface area (Å²) in [6.45, 7) is 6.67. The standard InChI is InChI=1S/C31H31N7O3/c1-20-15-26-16-24(6-8-28(26)36-30(20)35-21(2)39)31(41)38(19-29-32-11-4-12-33-29)18-27-7-5-25(17-34-27)23-9-13-37(14-10-23)22(3)40/h4-9,11-12,15-17H,10,13-14,18-19H2,1-3H3,(H,35,36,39). The van der Waals surface area contributed by atoms with E-state index >= 15 is 0 Å². The van der Waals surface area contributed by atoms with Crippen LogP contribution in [-0.4, -0.2) is 60.5 Å². The molecule has 1 aliphatic heterocycles. The number of aryl methyl sites for hydroxylation is 1. The van der Waals surface area contributed by atoms with E-state index in [2.05, 4.69) is 31.3 Å². The van der Waals surface area contributed by atoms with Crippen molar-refractivity contribution in [2.75, 3.05) is 18.4 Å². The van der Waals surface area contributed by atoms with Gasteiger partial charge in [0.05, 0.1) is 24.3 Å². The third-order valence-corrected chi connectivity index (χ3v) is 6.99. The predicted octanol–water partition coefficient (Wildman–Crippen LogP) is 4.16. The van der Waals surface area contributed by atoms with Crippen LogP contribution in [0.2, 0.25) is 0 Å². The summed E-state index contributed by atoms with van der Waals surface area (Å²) in [7, 11) is 0. The fourth-order valence-corrected chi connectivity index (χ4v) is 4.79. The van der Waals surface area contributed by atoms with Crippen LogP contribution in [0.5, 0.6) is 0 Å². The second kappa shape index (κ2) is 12.0. The molecule has 0 aliphatic carbocycles. The third kappa shape index (κ3) is 6.60. The number of nitrogens with zero attached hydrogens (tertiary/aromatic N) is 6. The Labute approximate surface area is 238 Å². The number of fused-ring (bicyclic) bond motifs is 1. The van der Waals surface area contributed by atoms with E-state index in [1.54, 1.807) is 42.4 Å². The van der Waals surface area contributed by atoms with Crippen LogP contribution >= 0.6 is 0 Å². The Kier molecular flexibility index (Phi) is 8.09. The minimum atomic E-state index is -0.192. The molecule has 0 unspecified atom stereocenters. The lowest BCUT2D eigenvalue weighted by molar-refractivity contribution is -0.128. The van der Waals surface area contributed by atoms with E-state index in [1.807, 2.05) is 42.3 Å². The summed E-state index contributed by atoms with van der Waals surface area (Å²) in [5.41, 5.74) is 4.89. The van der Waals surface area contributed by atoms with Crippen LogP contribution in [0.4, 0.5) is 5.82 Å². The zero-order valence-corrected chi connectivity index (χ0v) is 23.3. The summed E-state index contributed by atoms with van der Waals surface area (Å²) in [5, 5.41) is 3.54. The SMILES string of the molecule is CC(=O)Nc1nc2ccc(C(=O)N(Cc3ccc(C4=CCN(C(C)=O)CC4)cn3)Cc3ncccn3)cc2cc1C. The van der Waals surface area contributed by atoms with Crippen molar-refractivity contribution in [1.82, 2.24) is 29.7 Å². The Morgan fingerprint density at radius 1 is 1.00 bits per heavy atom. The van der Waals surface area contributed by atoms with Gasteiger partial charge in [0, 0.05) is 56.5 Å². The summed E-state index contributed by atoms with van der Waals surface area (Å²) >= 11 is 0. The number of aromatic nitrogens is 4. The summed E-state index contributed by atoms with van der Waals surface area (Å²) in [5.74, 6) is 0.726. The molecule has 0 spiro atoms.